The Bertz CT molecular complexity index is 1670. The number of carbonyl (C=O) groups is 2. The third-order valence-corrected chi connectivity index (χ3v) is 8.01. The van der Waals surface area contributed by atoms with Crippen molar-refractivity contribution >= 4 is 39.1 Å². The van der Waals surface area contributed by atoms with Gasteiger partial charge >= 0.3 is 5.69 Å². The van der Waals surface area contributed by atoms with Gasteiger partial charge in [0.15, 0.2) is 0 Å². The number of hydrogen-bond donors (Lipinski definition) is 1. The molecule has 11 heteroatoms. The Morgan fingerprint density at radius 1 is 0.975 bits per heavy atom. The second-order valence-electron chi connectivity index (χ2n) is 9.07. The third kappa shape index (κ3) is 5.50. The van der Waals surface area contributed by atoms with Crippen LogP contribution in [0.1, 0.15) is 34.6 Å². The molecule has 1 N–H and O–H groups in total. The van der Waals surface area contributed by atoms with Crippen LogP contribution in [-0.2, 0) is 17.9 Å². The van der Waals surface area contributed by atoms with Gasteiger partial charge < -0.3 is 19.7 Å². The van der Waals surface area contributed by atoms with Crippen molar-refractivity contribution in [1.82, 2.24) is 14.0 Å². The number of hydrogen-bond acceptors (Lipinski definition) is 7. The smallest absolute Gasteiger partial charge is 0.332 e. The highest BCUT2D eigenvalue weighted by atomic mass is 32.1. The van der Waals surface area contributed by atoms with E-state index in [0.29, 0.717) is 40.7 Å². The van der Waals surface area contributed by atoms with Gasteiger partial charge in [0.1, 0.15) is 22.9 Å². The number of ether oxygens (including phenoxy) is 2. The van der Waals surface area contributed by atoms with E-state index in [0.717, 1.165) is 21.5 Å². The van der Waals surface area contributed by atoms with Crippen LogP contribution in [0.25, 0.3) is 10.2 Å². The quantitative estimate of drug-likeness (QED) is 0.314. The maximum atomic E-state index is 13.8. The number of carbonyl (C=O) groups excluding carboxylic acids is 2. The Kier molecular flexibility index (Phi) is 8.73. The van der Waals surface area contributed by atoms with Crippen molar-refractivity contribution in [2.24, 2.45) is 0 Å². The number of anilines is 1. The first kappa shape index (κ1) is 28.6. The second kappa shape index (κ2) is 12.2. The molecule has 4 rings (SSSR count). The monoisotopic (exact) mass is 564 g/mol. The SMILES string of the molecule is CCN(CC)C(=O)c1sc2c(c1C)c(=O)n(Cc1ccccc1)c(=O)n2CC(=O)Nc1ccc(OC)cc1OC. The fourth-order valence-corrected chi connectivity index (χ4v) is 5.79. The van der Waals surface area contributed by atoms with E-state index >= 15 is 0 Å². The first-order valence-electron chi connectivity index (χ1n) is 12.9. The van der Waals surface area contributed by atoms with Crippen LogP contribution in [0.4, 0.5) is 5.69 Å². The Hall–Kier alpha value is -4.38. The highest BCUT2D eigenvalue weighted by Gasteiger charge is 2.26. The van der Waals surface area contributed by atoms with Crippen LogP contribution >= 0.6 is 11.3 Å². The van der Waals surface area contributed by atoms with Crippen LogP contribution in [0.3, 0.4) is 0 Å². The molecular weight excluding hydrogens is 532 g/mol. The van der Waals surface area contributed by atoms with Crippen molar-refractivity contribution in [3.05, 3.63) is 85.4 Å². The topological polar surface area (TPSA) is 112 Å². The Morgan fingerprint density at radius 2 is 1.68 bits per heavy atom. The van der Waals surface area contributed by atoms with Crippen molar-refractivity contribution < 1.29 is 19.1 Å². The number of rotatable bonds is 10. The van der Waals surface area contributed by atoms with E-state index in [4.69, 9.17) is 9.47 Å². The summed E-state index contributed by atoms with van der Waals surface area (Å²) in [6.45, 7) is 6.12. The fraction of sp³-hybridized carbons (Fsp3) is 0.310. The summed E-state index contributed by atoms with van der Waals surface area (Å²) in [5.74, 6) is 0.224. The van der Waals surface area contributed by atoms with E-state index in [9.17, 15) is 19.2 Å². The number of amides is 2. The number of nitrogens with zero attached hydrogens (tertiary/aromatic N) is 3. The average Bonchev–Trinajstić information content (AvgIpc) is 3.31. The van der Waals surface area contributed by atoms with E-state index in [-0.39, 0.29) is 29.2 Å². The molecular formula is C29H32N4O6S. The highest BCUT2D eigenvalue weighted by Crippen LogP contribution is 2.31. The lowest BCUT2D eigenvalue weighted by molar-refractivity contribution is -0.116. The Morgan fingerprint density at radius 3 is 2.30 bits per heavy atom. The second-order valence-corrected chi connectivity index (χ2v) is 10.1. The van der Waals surface area contributed by atoms with Crippen LogP contribution in [-0.4, -0.2) is 53.2 Å². The standard InChI is InChI=1S/C29H32N4O6S/c1-6-31(7-2)27(36)25-18(3)24-26(35)32(16-19-11-9-8-10-12-19)29(37)33(28(24)40-25)17-23(34)30-21-14-13-20(38-4)15-22(21)39-5/h8-15H,6-7,16-17H2,1-5H3,(H,30,34). The largest absolute Gasteiger partial charge is 0.497 e. The van der Waals surface area contributed by atoms with Gasteiger partial charge in [0.2, 0.25) is 5.91 Å². The van der Waals surface area contributed by atoms with Gasteiger partial charge in [-0.25, -0.2) is 4.79 Å². The molecule has 0 radical (unpaired) electrons. The number of aromatic nitrogens is 2. The maximum Gasteiger partial charge on any atom is 0.332 e. The lowest BCUT2D eigenvalue weighted by atomic mass is 10.2. The predicted octanol–water partition coefficient (Wildman–Crippen LogP) is 3.72. The molecule has 10 nitrogen and oxygen atoms in total. The van der Waals surface area contributed by atoms with Gasteiger partial charge in [-0.2, -0.15) is 0 Å². The zero-order chi connectivity index (χ0) is 29.0. The van der Waals surface area contributed by atoms with E-state index in [1.807, 2.05) is 44.2 Å². The molecule has 4 aromatic rings. The maximum absolute atomic E-state index is 13.8. The van der Waals surface area contributed by atoms with Gasteiger partial charge in [0.25, 0.3) is 11.5 Å². The number of fused-ring (bicyclic) bond motifs is 1. The van der Waals surface area contributed by atoms with Crippen molar-refractivity contribution in [2.75, 3.05) is 32.6 Å². The van der Waals surface area contributed by atoms with Gasteiger partial charge in [0.05, 0.1) is 36.7 Å². The minimum atomic E-state index is -0.638. The summed E-state index contributed by atoms with van der Waals surface area (Å²) in [6.07, 6.45) is 0. The molecule has 0 spiro atoms. The molecule has 2 amide bonds. The summed E-state index contributed by atoms with van der Waals surface area (Å²) >= 11 is 1.06. The molecule has 0 bridgehead atoms. The summed E-state index contributed by atoms with van der Waals surface area (Å²) in [5.41, 5.74) is 0.517. The van der Waals surface area contributed by atoms with Crippen LogP contribution in [0.15, 0.2) is 58.1 Å². The zero-order valence-electron chi connectivity index (χ0n) is 23.1. The lowest BCUT2D eigenvalue weighted by Gasteiger charge is -2.17. The van der Waals surface area contributed by atoms with Gasteiger partial charge in [-0.1, -0.05) is 30.3 Å². The lowest BCUT2D eigenvalue weighted by Crippen LogP contribution is -2.41. The molecule has 0 unspecified atom stereocenters. The Balaban J connectivity index is 1.85. The minimum Gasteiger partial charge on any atom is -0.497 e. The molecule has 0 fully saturated rings. The van der Waals surface area contributed by atoms with Crippen molar-refractivity contribution in [3.63, 3.8) is 0 Å². The van der Waals surface area contributed by atoms with Crippen LogP contribution in [0.5, 0.6) is 11.5 Å². The molecule has 2 heterocycles. The number of methoxy groups -OCH3 is 2. The summed E-state index contributed by atoms with van der Waals surface area (Å²) in [5, 5.41) is 3.04. The predicted molar refractivity (Wildman–Crippen MR) is 156 cm³/mol. The van der Waals surface area contributed by atoms with E-state index in [1.165, 1.54) is 18.8 Å². The molecule has 40 heavy (non-hydrogen) atoms. The summed E-state index contributed by atoms with van der Waals surface area (Å²) < 4.78 is 13.0. The van der Waals surface area contributed by atoms with Crippen LogP contribution in [0, 0.1) is 6.92 Å². The van der Waals surface area contributed by atoms with Gasteiger partial charge in [-0.15, -0.1) is 11.3 Å². The summed E-state index contributed by atoms with van der Waals surface area (Å²) in [6, 6.07) is 14.1. The molecule has 2 aromatic heterocycles. The molecule has 0 aliphatic heterocycles. The molecule has 0 saturated heterocycles. The van der Waals surface area contributed by atoms with Crippen LogP contribution in [0.2, 0.25) is 0 Å². The number of benzene rings is 2. The van der Waals surface area contributed by atoms with E-state index in [2.05, 4.69) is 5.32 Å². The van der Waals surface area contributed by atoms with Crippen molar-refractivity contribution in [3.8, 4) is 11.5 Å². The van der Waals surface area contributed by atoms with Crippen LogP contribution < -0.4 is 26.0 Å². The molecule has 2 aromatic carbocycles. The minimum absolute atomic E-state index is 0.0248. The zero-order valence-corrected chi connectivity index (χ0v) is 24.0. The highest BCUT2D eigenvalue weighted by molar-refractivity contribution is 7.20. The van der Waals surface area contributed by atoms with Crippen molar-refractivity contribution in [2.45, 2.75) is 33.9 Å². The first-order valence-corrected chi connectivity index (χ1v) is 13.7. The van der Waals surface area contributed by atoms with E-state index in [1.54, 1.807) is 30.0 Å². The van der Waals surface area contributed by atoms with Gasteiger partial charge in [0, 0.05) is 19.2 Å². The number of thiophene rings is 1. The normalized spacial score (nSPS) is 10.9. The molecule has 0 atom stereocenters. The fourth-order valence-electron chi connectivity index (χ4n) is 4.53. The number of nitrogens with one attached hydrogen (secondary N) is 1. The summed E-state index contributed by atoms with van der Waals surface area (Å²) in [7, 11) is 3.00. The van der Waals surface area contributed by atoms with Gasteiger partial charge in [-0.05, 0) is 44.0 Å². The third-order valence-electron chi connectivity index (χ3n) is 6.71. The average molecular weight is 565 g/mol. The molecule has 0 saturated carbocycles. The molecule has 0 aliphatic carbocycles. The summed E-state index contributed by atoms with van der Waals surface area (Å²) in [4.78, 5) is 56.3. The first-order chi connectivity index (χ1) is 19.2. The molecule has 0 aliphatic rings. The van der Waals surface area contributed by atoms with Crippen molar-refractivity contribution in [1.29, 1.82) is 0 Å². The van der Waals surface area contributed by atoms with E-state index < -0.39 is 17.2 Å². The number of aryl methyl sites for hydroxylation is 1. The van der Waals surface area contributed by atoms with Gasteiger partial charge in [-0.3, -0.25) is 23.5 Å². The Labute approximate surface area is 235 Å². The molecule has 210 valence electrons.